The van der Waals surface area contributed by atoms with Gasteiger partial charge in [0.25, 0.3) is 5.91 Å². The number of thiocarbonyl (C=S) groups is 1. The highest BCUT2D eigenvalue weighted by atomic mass is 32.1. The number of hydrogen-bond acceptors (Lipinski definition) is 4. The topological polar surface area (TPSA) is 86.2 Å². The number of hydrazine groups is 1. The fraction of sp³-hybridized carbons (Fsp3) is 0.167. The molecule has 2 rings (SSSR count). The molecule has 0 spiro atoms. The van der Waals surface area contributed by atoms with Gasteiger partial charge in [-0.1, -0.05) is 18.2 Å². The van der Waals surface area contributed by atoms with Gasteiger partial charge in [0.1, 0.15) is 5.75 Å². The van der Waals surface area contributed by atoms with Gasteiger partial charge in [-0.05, 0) is 62.0 Å². The molecule has 0 radical (unpaired) electrons. The van der Waals surface area contributed by atoms with Crippen LogP contribution in [0.25, 0.3) is 0 Å². The first kappa shape index (κ1) is 18.2. The minimum absolute atomic E-state index is 0.272. The first-order valence-electron chi connectivity index (χ1n) is 7.59. The number of nitrogens with zero attached hydrogens (tertiary/aromatic N) is 1. The number of aryl methyl sites for hydroxylation is 1. The van der Waals surface area contributed by atoms with Crippen LogP contribution in [0.15, 0.2) is 48.5 Å². The summed E-state index contributed by atoms with van der Waals surface area (Å²) in [6.45, 7) is 3.57. The Bertz CT molecular complexity index is 799. The third kappa shape index (κ3) is 5.48. The zero-order chi connectivity index (χ0) is 18.2. The van der Waals surface area contributed by atoms with E-state index in [2.05, 4.69) is 16.2 Å². The van der Waals surface area contributed by atoms with Gasteiger partial charge in [0.15, 0.2) is 11.2 Å². The first-order chi connectivity index (χ1) is 12.0. The van der Waals surface area contributed by atoms with Crippen molar-refractivity contribution in [3.63, 3.8) is 0 Å². The number of nitriles is 1. The molecule has 7 heteroatoms. The van der Waals surface area contributed by atoms with Crippen LogP contribution in [0.2, 0.25) is 0 Å². The molecular formula is C18H18N4O2S. The molecule has 1 amide bonds. The maximum Gasteiger partial charge on any atom is 0.279 e. The van der Waals surface area contributed by atoms with Crippen LogP contribution in [0.3, 0.4) is 0 Å². The molecule has 0 fully saturated rings. The van der Waals surface area contributed by atoms with E-state index in [0.717, 1.165) is 11.3 Å². The summed E-state index contributed by atoms with van der Waals surface area (Å²) in [5.41, 5.74) is 7.56. The van der Waals surface area contributed by atoms with Crippen molar-refractivity contribution in [2.75, 3.05) is 5.32 Å². The van der Waals surface area contributed by atoms with Crippen LogP contribution in [0.5, 0.6) is 5.75 Å². The second-order valence-corrected chi connectivity index (χ2v) is 5.69. The molecule has 2 aromatic rings. The summed E-state index contributed by atoms with van der Waals surface area (Å²) in [4.78, 5) is 12.1. The van der Waals surface area contributed by atoms with E-state index in [1.165, 1.54) is 0 Å². The molecule has 0 saturated heterocycles. The number of benzene rings is 2. The molecular weight excluding hydrogens is 336 g/mol. The molecule has 0 unspecified atom stereocenters. The van der Waals surface area contributed by atoms with Crippen LogP contribution in [0.1, 0.15) is 18.1 Å². The van der Waals surface area contributed by atoms with Gasteiger partial charge in [-0.25, -0.2) is 0 Å². The van der Waals surface area contributed by atoms with E-state index in [4.69, 9.17) is 22.2 Å². The fourth-order valence-corrected chi connectivity index (χ4v) is 2.11. The second kappa shape index (κ2) is 8.66. The number of anilines is 1. The van der Waals surface area contributed by atoms with E-state index in [9.17, 15) is 4.79 Å². The molecule has 1 atom stereocenters. The summed E-state index contributed by atoms with van der Waals surface area (Å²) in [6.07, 6.45) is -0.735. The van der Waals surface area contributed by atoms with Gasteiger partial charge in [0.2, 0.25) is 0 Å². The van der Waals surface area contributed by atoms with Gasteiger partial charge < -0.3 is 10.1 Å². The maximum absolute atomic E-state index is 12.1. The first-order valence-corrected chi connectivity index (χ1v) is 7.99. The van der Waals surface area contributed by atoms with Crippen LogP contribution in [-0.4, -0.2) is 17.1 Å². The minimum Gasteiger partial charge on any atom is -0.481 e. The van der Waals surface area contributed by atoms with Crippen molar-refractivity contribution in [2.45, 2.75) is 20.0 Å². The van der Waals surface area contributed by atoms with Crippen molar-refractivity contribution < 1.29 is 9.53 Å². The third-order valence-corrected chi connectivity index (χ3v) is 3.56. The quantitative estimate of drug-likeness (QED) is 0.578. The van der Waals surface area contributed by atoms with E-state index in [1.807, 2.05) is 37.3 Å². The van der Waals surface area contributed by atoms with Gasteiger partial charge >= 0.3 is 0 Å². The lowest BCUT2D eigenvalue weighted by molar-refractivity contribution is -0.127. The summed E-state index contributed by atoms with van der Waals surface area (Å²) in [7, 11) is 0. The Morgan fingerprint density at radius 2 is 1.84 bits per heavy atom. The zero-order valence-corrected chi connectivity index (χ0v) is 14.7. The van der Waals surface area contributed by atoms with Crippen LogP contribution < -0.4 is 20.9 Å². The van der Waals surface area contributed by atoms with Gasteiger partial charge in [-0.2, -0.15) is 5.26 Å². The van der Waals surface area contributed by atoms with Gasteiger partial charge in [-0.3, -0.25) is 15.6 Å². The molecule has 3 N–H and O–H groups in total. The molecule has 6 nitrogen and oxygen atoms in total. The molecule has 0 aliphatic rings. The van der Waals surface area contributed by atoms with Crippen LogP contribution in [-0.2, 0) is 4.79 Å². The summed E-state index contributed by atoms with van der Waals surface area (Å²) < 4.78 is 5.52. The van der Waals surface area contributed by atoms with Crippen molar-refractivity contribution in [3.05, 3.63) is 59.7 Å². The summed E-state index contributed by atoms with van der Waals surface area (Å²) >= 11 is 5.15. The highest BCUT2D eigenvalue weighted by Crippen LogP contribution is 2.14. The predicted octanol–water partition coefficient (Wildman–Crippen LogP) is 2.65. The fourth-order valence-electron chi connectivity index (χ4n) is 1.95. The number of carbonyl (C=O) groups is 1. The molecule has 0 aliphatic carbocycles. The molecule has 0 heterocycles. The van der Waals surface area contributed by atoms with Crippen LogP contribution in [0, 0.1) is 18.3 Å². The number of hydrogen-bond donors (Lipinski definition) is 3. The van der Waals surface area contributed by atoms with E-state index >= 15 is 0 Å². The van der Waals surface area contributed by atoms with E-state index < -0.39 is 6.10 Å². The number of amides is 1. The summed E-state index contributed by atoms with van der Waals surface area (Å²) in [5, 5.41) is 12.0. The Morgan fingerprint density at radius 3 is 2.48 bits per heavy atom. The van der Waals surface area contributed by atoms with Gasteiger partial charge in [0.05, 0.1) is 11.6 Å². The van der Waals surface area contributed by atoms with Crippen LogP contribution >= 0.6 is 12.2 Å². The monoisotopic (exact) mass is 354 g/mol. The zero-order valence-electron chi connectivity index (χ0n) is 13.9. The van der Waals surface area contributed by atoms with Gasteiger partial charge in [0, 0.05) is 5.69 Å². The number of carbonyl (C=O) groups excluding carboxylic acids is 1. The molecule has 2 aromatic carbocycles. The van der Waals surface area contributed by atoms with Crippen molar-refractivity contribution >= 4 is 28.9 Å². The van der Waals surface area contributed by atoms with Gasteiger partial charge in [-0.15, -0.1) is 0 Å². The number of para-hydroxylation sites is 1. The van der Waals surface area contributed by atoms with Crippen molar-refractivity contribution in [2.24, 2.45) is 0 Å². The standard InChI is InChI=1S/C18H18N4O2S/c1-12-5-3-4-6-16(12)20-18(25)22-21-17(23)13(2)24-15-9-7-14(11-19)8-10-15/h3-10,13H,1-2H3,(H,21,23)(H2,20,22,25)/t13-/m1/s1. The van der Waals surface area contributed by atoms with Crippen LogP contribution in [0.4, 0.5) is 5.69 Å². The lowest BCUT2D eigenvalue weighted by atomic mass is 10.2. The maximum atomic E-state index is 12.1. The average molecular weight is 354 g/mol. The lowest BCUT2D eigenvalue weighted by Gasteiger charge is -2.17. The molecule has 0 bridgehead atoms. The number of ether oxygens (including phenoxy) is 1. The molecule has 0 aromatic heterocycles. The highest BCUT2D eigenvalue weighted by molar-refractivity contribution is 7.80. The predicted molar refractivity (Wildman–Crippen MR) is 99.9 cm³/mol. The molecule has 0 saturated carbocycles. The molecule has 25 heavy (non-hydrogen) atoms. The lowest BCUT2D eigenvalue weighted by Crippen LogP contribution is -2.48. The Labute approximate surface area is 151 Å². The Kier molecular flexibility index (Phi) is 6.32. The Balaban J connectivity index is 1.81. The van der Waals surface area contributed by atoms with Crippen molar-refractivity contribution in [1.29, 1.82) is 5.26 Å². The summed E-state index contributed by atoms with van der Waals surface area (Å²) in [6, 6.07) is 16.2. The third-order valence-electron chi connectivity index (χ3n) is 3.36. The second-order valence-electron chi connectivity index (χ2n) is 5.28. The van der Waals surface area contributed by atoms with E-state index in [-0.39, 0.29) is 11.0 Å². The number of nitrogens with one attached hydrogen (secondary N) is 3. The number of rotatable bonds is 4. The van der Waals surface area contributed by atoms with Crippen molar-refractivity contribution in [1.82, 2.24) is 10.9 Å². The largest absolute Gasteiger partial charge is 0.481 e. The average Bonchev–Trinajstić information content (AvgIpc) is 2.62. The SMILES string of the molecule is Cc1ccccc1NC(=S)NNC(=O)[C@@H](C)Oc1ccc(C#N)cc1. The van der Waals surface area contributed by atoms with Crippen molar-refractivity contribution in [3.8, 4) is 11.8 Å². The smallest absolute Gasteiger partial charge is 0.279 e. The normalized spacial score (nSPS) is 10.9. The summed E-state index contributed by atoms with van der Waals surface area (Å²) in [5.74, 6) is 0.126. The molecule has 128 valence electrons. The highest BCUT2D eigenvalue weighted by Gasteiger charge is 2.14. The molecule has 0 aliphatic heterocycles. The van der Waals surface area contributed by atoms with E-state index in [0.29, 0.717) is 11.3 Å². The Hall–Kier alpha value is -3.11. The minimum atomic E-state index is -0.735. The Morgan fingerprint density at radius 1 is 1.16 bits per heavy atom. The van der Waals surface area contributed by atoms with E-state index in [1.54, 1.807) is 31.2 Å².